The van der Waals surface area contributed by atoms with E-state index in [0.29, 0.717) is 16.9 Å². The Morgan fingerprint density at radius 1 is 1.07 bits per heavy atom. The number of carbonyl (C=O) groups excluding carboxylic acids is 1. The fourth-order valence-corrected chi connectivity index (χ4v) is 3.59. The maximum absolute atomic E-state index is 11.6. The van der Waals surface area contributed by atoms with E-state index in [1.807, 2.05) is 0 Å². The molecule has 0 aliphatic carbocycles. The summed E-state index contributed by atoms with van der Waals surface area (Å²) in [6, 6.07) is 3.16. The van der Waals surface area contributed by atoms with Gasteiger partial charge in [-0.2, -0.15) is 0 Å². The number of aryl methyl sites for hydroxylation is 2. The maximum Gasteiger partial charge on any atom is 0.314 e. The molecule has 9 heteroatoms. The van der Waals surface area contributed by atoms with Crippen molar-refractivity contribution in [2.24, 2.45) is 10.8 Å². The summed E-state index contributed by atoms with van der Waals surface area (Å²) in [6.07, 6.45) is 0. The molecular weight excluding hydrogens is 408 g/mol. The predicted octanol–water partition coefficient (Wildman–Crippen LogP) is 3.93. The lowest BCUT2D eigenvalue weighted by molar-refractivity contribution is -0.152. The zero-order valence-electron chi connectivity index (χ0n) is 17.5. The van der Waals surface area contributed by atoms with Gasteiger partial charge in [0.25, 0.3) is 9.05 Å². The number of carboxylic acids is 1. The van der Waals surface area contributed by atoms with Crippen LogP contribution >= 0.6 is 10.7 Å². The third-order valence-electron chi connectivity index (χ3n) is 3.66. The molecule has 28 heavy (non-hydrogen) atoms. The first-order valence-corrected chi connectivity index (χ1v) is 10.7. The molecule has 160 valence electrons. The lowest BCUT2D eigenvalue weighted by Crippen LogP contribution is -2.32. The van der Waals surface area contributed by atoms with Gasteiger partial charge >= 0.3 is 11.9 Å². The van der Waals surface area contributed by atoms with Crippen LogP contribution in [-0.2, 0) is 23.4 Å². The first kappa shape index (κ1) is 26.2. The molecule has 0 aromatic heterocycles. The molecule has 0 fully saturated rings. The van der Waals surface area contributed by atoms with Crippen molar-refractivity contribution in [2.75, 3.05) is 13.7 Å². The summed E-state index contributed by atoms with van der Waals surface area (Å²) in [7, 11) is 2.92. The lowest BCUT2D eigenvalue weighted by Gasteiger charge is -2.22. The molecule has 1 aromatic rings. The first-order chi connectivity index (χ1) is 12.4. The Morgan fingerprint density at radius 2 is 1.46 bits per heavy atom. The molecule has 0 heterocycles. The number of carbonyl (C=O) groups is 2. The van der Waals surface area contributed by atoms with Gasteiger partial charge in [0.1, 0.15) is 12.4 Å². The van der Waals surface area contributed by atoms with Crippen molar-refractivity contribution < 1.29 is 32.6 Å². The predicted molar refractivity (Wildman–Crippen MR) is 107 cm³/mol. The van der Waals surface area contributed by atoms with Crippen molar-refractivity contribution in [2.45, 2.75) is 53.4 Å². The minimum absolute atomic E-state index is 0.0868. The standard InChI is InChI=1S/C14H19ClO5S.C5H10O2/c1-9-6-11(7-10(2)12(9)21(15,17)18)20-8-14(3,4)13(16)19-5;1-5(2,3)4(6)7/h6-7H,8H2,1-5H3;1-3H3,(H,6,7). The number of esters is 1. The third kappa shape index (κ3) is 8.06. The van der Waals surface area contributed by atoms with Gasteiger partial charge in [-0.3, -0.25) is 9.59 Å². The van der Waals surface area contributed by atoms with Crippen LogP contribution in [0.5, 0.6) is 5.75 Å². The number of ether oxygens (including phenoxy) is 2. The smallest absolute Gasteiger partial charge is 0.314 e. The number of rotatable bonds is 5. The normalized spacial score (nSPS) is 11.9. The number of methoxy groups -OCH3 is 1. The van der Waals surface area contributed by atoms with Crippen molar-refractivity contribution in [3.63, 3.8) is 0 Å². The number of aliphatic carboxylic acids is 1. The SMILES string of the molecule is CC(C)(C)C(=O)O.COC(=O)C(C)(C)COc1cc(C)c(S(=O)(=O)Cl)c(C)c1. The summed E-state index contributed by atoms with van der Waals surface area (Å²) >= 11 is 0. The summed E-state index contributed by atoms with van der Waals surface area (Å²) in [5.41, 5.74) is -0.389. The van der Waals surface area contributed by atoms with Crippen LogP contribution < -0.4 is 4.74 Å². The molecule has 0 atom stereocenters. The van der Waals surface area contributed by atoms with Gasteiger partial charge in [0.05, 0.1) is 22.8 Å². The molecule has 1 N–H and O–H groups in total. The van der Waals surface area contributed by atoms with Crippen molar-refractivity contribution in [1.82, 2.24) is 0 Å². The number of hydrogen-bond acceptors (Lipinski definition) is 6. The van der Waals surface area contributed by atoms with Gasteiger partial charge in [0.15, 0.2) is 0 Å². The van der Waals surface area contributed by atoms with E-state index < -0.39 is 25.9 Å². The van der Waals surface area contributed by atoms with Gasteiger partial charge < -0.3 is 14.6 Å². The molecule has 1 rings (SSSR count). The summed E-state index contributed by atoms with van der Waals surface area (Å²) < 4.78 is 33.3. The Labute approximate surface area is 171 Å². The molecule has 0 radical (unpaired) electrons. The molecule has 0 amide bonds. The third-order valence-corrected chi connectivity index (χ3v) is 5.25. The van der Waals surface area contributed by atoms with Gasteiger partial charge in [-0.05, 0) is 71.7 Å². The lowest BCUT2D eigenvalue weighted by atomic mass is 9.95. The summed E-state index contributed by atoms with van der Waals surface area (Å²) in [5, 5.41) is 8.25. The Bertz CT molecular complexity index is 798. The zero-order valence-corrected chi connectivity index (χ0v) is 19.1. The van der Waals surface area contributed by atoms with Gasteiger partial charge in [-0.15, -0.1) is 0 Å². The van der Waals surface area contributed by atoms with Crippen LogP contribution in [0.15, 0.2) is 17.0 Å². The van der Waals surface area contributed by atoms with Crippen LogP contribution in [-0.4, -0.2) is 39.2 Å². The molecule has 0 aliphatic heterocycles. The summed E-state index contributed by atoms with van der Waals surface area (Å²) in [6.45, 7) is 11.8. The molecule has 0 spiro atoms. The van der Waals surface area contributed by atoms with Crippen LogP contribution in [0.25, 0.3) is 0 Å². The molecule has 7 nitrogen and oxygen atoms in total. The van der Waals surface area contributed by atoms with Crippen molar-refractivity contribution in [3.05, 3.63) is 23.3 Å². The van der Waals surface area contributed by atoms with Crippen molar-refractivity contribution in [1.29, 1.82) is 0 Å². The molecular formula is C19H29ClO7S. The van der Waals surface area contributed by atoms with Gasteiger partial charge in [0, 0.05) is 10.7 Å². The number of halogens is 1. The van der Waals surface area contributed by atoms with Crippen LogP contribution in [0, 0.1) is 24.7 Å². The van der Waals surface area contributed by atoms with Gasteiger partial charge in [-0.25, -0.2) is 8.42 Å². The maximum atomic E-state index is 11.6. The van der Waals surface area contributed by atoms with E-state index in [1.165, 1.54) is 7.11 Å². The second kappa shape index (κ2) is 9.60. The number of benzene rings is 1. The van der Waals surface area contributed by atoms with Crippen LogP contribution in [0.4, 0.5) is 0 Å². The summed E-state index contributed by atoms with van der Waals surface area (Å²) in [5.74, 6) is -0.658. The minimum atomic E-state index is -3.80. The average Bonchev–Trinajstić information content (AvgIpc) is 2.49. The summed E-state index contributed by atoms with van der Waals surface area (Å²) in [4.78, 5) is 21.7. The van der Waals surface area contributed by atoms with Crippen molar-refractivity contribution >= 4 is 31.7 Å². The second-order valence-corrected chi connectivity index (χ2v) is 10.5. The molecule has 0 aliphatic rings. The van der Waals surface area contributed by atoms with Gasteiger partial charge in [0.2, 0.25) is 0 Å². The highest BCUT2D eigenvalue weighted by Crippen LogP contribution is 2.29. The monoisotopic (exact) mass is 436 g/mol. The van der Waals surface area contributed by atoms with Crippen LogP contribution in [0.1, 0.15) is 45.7 Å². The van der Waals surface area contributed by atoms with E-state index in [1.54, 1.807) is 60.6 Å². The van der Waals surface area contributed by atoms with E-state index in [-0.39, 0.29) is 17.5 Å². The Hall–Kier alpha value is -1.80. The Kier molecular flexibility index (Phi) is 8.99. The Balaban J connectivity index is 0.000000887. The van der Waals surface area contributed by atoms with Crippen molar-refractivity contribution in [3.8, 4) is 5.75 Å². The first-order valence-electron chi connectivity index (χ1n) is 8.44. The van der Waals surface area contributed by atoms with Gasteiger partial charge in [-0.1, -0.05) is 0 Å². The number of hydrogen-bond donors (Lipinski definition) is 1. The fourth-order valence-electron chi connectivity index (χ4n) is 1.98. The molecule has 0 bridgehead atoms. The van der Waals surface area contributed by atoms with E-state index in [4.69, 9.17) is 25.3 Å². The van der Waals surface area contributed by atoms with Crippen LogP contribution in [0.3, 0.4) is 0 Å². The molecule has 0 saturated heterocycles. The molecule has 0 saturated carbocycles. The largest absolute Gasteiger partial charge is 0.492 e. The van der Waals surface area contributed by atoms with E-state index >= 15 is 0 Å². The zero-order chi connectivity index (χ0) is 22.5. The van der Waals surface area contributed by atoms with E-state index in [2.05, 4.69) is 0 Å². The minimum Gasteiger partial charge on any atom is -0.492 e. The van der Waals surface area contributed by atoms with E-state index in [0.717, 1.165) is 0 Å². The average molecular weight is 437 g/mol. The highest BCUT2D eigenvalue weighted by molar-refractivity contribution is 8.13. The number of carboxylic acid groups (broad SMARTS) is 1. The fraction of sp³-hybridized carbons (Fsp3) is 0.579. The second-order valence-electron chi connectivity index (χ2n) is 8.04. The quantitative estimate of drug-likeness (QED) is 0.550. The Morgan fingerprint density at radius 3 is 1.75 bits per heavy atom. The van der Waals surface area contributed by atoms with Crippen LogP contribution in [0.2, 0.25) is 0 Å². The molecule has 0 unspecified atom stereocenters. The van der Waals surface area contributed by atoms with E-state index in [9.17, 15) is 18.0 Å². The highest BCUT2D eigenvalue weighted by Gasteiger charge is 2.30. The topological polar surface area (TPSA) is 107 Å². The molecule has 1 aromatic carbocycles. The highest BCUT2D eigenvalue weighted by atomic mass is 35.7.